The molecule has 0 radical (unpaired) electrons. The summed E-state index contributed by atoms with van der Waals surface area (Å²) >= 11 is 0. The Morgan fingerprint density at radius 3 is 2.24 bits per heavy atom. The predicted octanol–water partition coefficient (Wildman–Crippen LogP) is 6.98. The Labute approximate surface area is 240 Å². The number of carbonyl (C=O) groups is 1. The molecule has 0 atom stereocenters. The summed E-state index contributed by atoms with van der Waals surface area (Å²) in [6.07, 6.45) is 1.94. The van der Waals surface area contributed by atoms with E-state index in [0.29, 0.717) is 22.7 Å². The summed E-state index contributed by atoms with van der Waals surface area (Å²) in [5.41, 5.74) is 6.20. The third-order valence-corrected chi connectivity index (χ3v) is 7.23. The van der Waals surface area contributed by atoms with Gasteiger partial charge in [-0.1, -0.05) is 36.4 Å². The van der Waals surface area contributed by atoms with Crippen molar-refractivity contribution in [2.24, 2.45) is 10.2 Å². The maximum Gasteiger partial charge on any atom is 0.259 e. The van der Waals surface area contributed by atoms with E-state index in [2.05, 4.69) is 44.7 Å². The number of azo groups is 1. The number of hydrogen-bond acceptors (Lipinski definition) is 7. The fourth-order valence-electron chi connectivity index (χ4n) is 4.95. The highest BCUT2D eigenvalue weighted by Gasteiger charge is 2.19. The molecule has 210 valence electrons. The molecule has 1 N–H and O–H groups in total. The average Bonchev–Trinajstić information content (AvgIpc) is 3.03. The van der Waals surface area contributed by atoms with Crippen LogP contribution < -0.4 is 19.5 Å². The fourth-order valence-corrected chi connectivity index (χ4v) is 4.95. The van der Waals surface area contributed by atoms with E-state index in [1.165, 1.54) is 16.7 Å². The molecule has 8 heteroatoms. The van der Waals surface area contributed by atoms with Crippen molar-refractivity contribution in [3.8, 4) is 17.2 Å². The van der Waals surface area contributed by atoms with Crippen molar-refractivity contribution in [3.05, 3.63) is 107 Å². The van der Waals surface area contributed by atoms with Gasteiger partial charge in [0.25, 0.3) is 5.91 Å². The standard InChI is InChI=1S/C33H34N4O4/c1-39-30-11-7-4-8-27(30)33(38)34-28-9-5-6-10-29(28)36-35-26-14-12-23(13-15-26)16-18-37-19-17-24-20-31(40-2)32(41-3)21-25(24)22-37/h4-15,20-21H,16-19,22H2,1-3H3,(H,34,38). The molecule has 0 saturated carbocycles. The first-order valence-corrected chi connectivity index (χ1v) is 13.6. The van der Waals surface area contributed by atoms with E-state index < -0.39 is 0 Å². The van der Waals surface area contributed by atoms with Crippen molar-refractivity contribution in [1.29, 1.82) is 0 Å². The summed E-state index contributed by atoms with van der Waals surface area (Å²) in [4.78, 5) is 15.3. The van der Waals surface area contributed by atoms with Gasteiger partial charge in [0.05, 0.1) is 38.3 Å². The zero-order valence-electron chi connectivity index (χ0n) is 23.6. The molecule has 0 fully saturated rings. The lowest BCUT2D eigenvalue weighted by molar-refractivity contribution is 0.102. The Morgan fingerprint density at radius 2 is 1.49 bits per heavy atom. The molecular weight excluding hydrogens is 516 g/mol. The minimum absolute atomic E-state index is 0.273. The molecule has 4 aromatic rings. The summed E-state index contributed by atoms with van der Waals surface area (Å²) in [5.74, 6) is 1.80. The average molecular weight is 551 g/mol. The number of rotatable bonds is 10. The summed E-state index contributed by atoms with van der Waals surface area (Å²) in [6.45, 7) is 2.88. The molecular formula is C33H34N4O4. The number of nitrogens with zero attached hydrogens (tertiary/aromatic N) is 3. The molecule has 0 spiro atoms. The van der Waals surface area contributed by atoms with Crippen molar-refractivity contribution in [2.75, 3.05) is 39.7 Å². The van der Waals surface area contributed by atoms with Crippen LogP contribution in [0.3, 0.4) is 0 Å². The minimum atomic E-state index is -0.273. The van der Waals surface area contributed by atoms with Crippen LogP contribution in [0.2, 0.25) is 0 Å². The smallest absolute Gasteiger partial charge is 0.259 e. The van der Waals surface area contributed by atoms with Gasteiger partial charge in [-0.25, -0.2) is 0 Å². The van der Waals surface area contributed by atoms with Crippen molar-refractivity contribution >= 4 is 23.0 Å². The number of hydrogen-bond donors (Lipinski definition) is 1. The lowest BCUT2D eigenvalue weighted by atomic mass is 9.98. The van der Waals surface area contributed by atoms with Crippen molar-refractivity contribution in [2.45, 2.75) is 19.4 Å². The van der Waals surface area contributed by atoms with Gasteiger partial charge in [0.2, 0.25) is 0 Å². The Bertz CT molecular complexity index is 1540. The minimum Gasteiger partial charge on any atom is -0.496 e. The highest BCUT2D eigenvalue weighted by Crippen LogP contribution is 2.33. The Morgan fingerprint density at radius 1 is 0.805 bits per heavy atom. The summed E-state index contributed by atoms with van der Waals surface area (Å²) in [6, 6.07) is 26.8. The van der Waals surface area contributed by atoms with E-state index in [4.69, 9.17) is 14.2 Å². The lowest BCUT2D eigenvalue weighted by Gasteiger charge is -2.29. The number of anilines is 1. The number of para-hydroxylation sites is 2. The quantitative estimate of drug-likeness (QED) is 0.215. The maximum atomic E-state index is 12.9. The topological polar surface area (TPSA) is 84.8 Å². The van der Waals surface area contributed by atoms with Crippen LogP contribution in [-0.2, 0) is 19.4 Å². The van der Waals surface area contributed by atoms with Gasteiger partial charge < -0.3 is 19.5 Å². The number of ether oxygens (including phenoxy) is 3. The molecule has 0 aromatic heterocycles. The van der Waals surface area contributed by atoms with Gasteiger partial charge in [-0.05, 0) is 78.1 Å². The molecule has 5 rings (SSSR count). The molecule has 0 bridgehead atoms. The summed E-state index contributed by atoms with van der Waals surface area (Å²) < 4.78 is 16.3. The van der Waals surface area contributed by atoms with E-state index >= 15 is 0 Å². The van der Waals surface area contributed by atoms with E-state index in [0.717, 1.165) is 49.7 Å². The van der Waals surface area contributed by atoms with Crippen molar-refractivity contribution < 1.29 is 19.0 Å². The molecule has 1 aliphatic heterocycles. The molecule has 0 aliphatic carbocycles. The van der Waals surface area contributed by atoms with Crippen LogP contribution in [0.5, 0.6) is 17.2 Å². The number of fused-ring (bicyclic) bond motifs is 1. The summed E-state index contributed by atoms with van der Waals surface area (Å²) in [7, 11) is 4.89. The van der Waals surface area contributed by atoms with Crippen molar-refractivity contribution in [1.82, 2.24) is 4.90 Å². The zero-order chi connectivity index (χ0) is 28.6. The van der Waals surface area contributed by atoms with Gasteiger partial charge in [0.1, 0.15) is 11.4 Å². The van der Waals surface area contributed by atoms with Gasteiger partial charge in [-0.3, -0.25) is 9.69 Å². The van der Waals surface area contributed by atoms with Crippen molar-refractivity contribution in [3.63, 3.8) is 0 Å². The molecule has 1 aliphatic rings. The summed E-state index contributed by atoms with van der Waals surface area (Å²) in [5, 5.41) is 11.8. The first-order chi connectivity index (χ1) is 20.1. The van der Waals surface area contributed by atoms with Gasteiger partial charge in [0.15, 0.2) is 11.5 Å². The zero-order valence-corrected chi connectivity index (χ0v) is 23.6. The molecule has 0 unspecified atom stereocenters. The Hall–Kier alpha value is -4.69. The van der Waals surface area contributed by atoms with Crippen LogP contribution in [0, 0.1) is 0 Å². The monoisotopic (exact) mass is 550 g/mol. The van der Waals surface area contributed by atoms with E-state index in [9.17, 15) is 4.79 Å². The molecule has 1 heterocycles. The van der Waals surface area contributed by atoms with E-state index in [1.54, 1.807) is 45.6 Å². The lowest BCUT2D eigenvalue weighted by Crippen LogP contribution is -2.32. The predicted molar refractivity (Wildman–Crippen MR) is 160 cm³/mol. The van der Waals surface area contributed by atoms with E-state index in [-0.39, 0.29) is 5.91 Å². The molecule has 8 nitrogen and oxygen atoms in total. The Balaban J connectivity index is 1.19. The van der Waals surface area contributed by atoms with Crippen LogP contribution in [-0.4, -0.2) is 45.2 Å². The highest BCUT2D eigenvalue weighted by atomic mass is 16.5. The number of carbonyl (C=O) groups excluding carboxylic acids is 1. The van der Waals surface area contributed by atoms with Crippen LogP contribution in [0.4, 0.5) is 17.1 Å². The number of nitrogens with one attached hydrogen (secondary N) is 1. The maximum absolute atomic E-state index is 12.9. The van der Waals surface area contributed by atoms with Gasteiger partial charge in [-0.15, -0.1) is 5.11 Å². The van der Waals surface area contributed by atoms with Crippen LogP contribution >= 0.6 is 0 Å². The number of methoxy groups -OCH3 is 3. The highest BCUT2D eigenvalue weighted by molar-refractivity contribution is 6.07. The normalized spacial score (nSPS) is 13.0. The second-order valence-corrected chi connectivity index (χ2v) is 9.79. The number of amides is 1. The van der Waals surface area contributed by atoms with Crippen LogP contribution in [0.1, 0.15) is 27.0 Å². The second-order valence-electron chi connectivity index (χ2n) is 9.79. The van der Waals surface area contributed by atoms with Crippen LogP contribution in [0.15, 0.2) is 95.2 Å². The molecule has 1 amide bonds. The SMILES string of the molecule is COc1cc2c(cc1OC)CN(CCc1ccc(N=Nc3ccccc3NC(=O)c3ccccc3OC)cc1)CC2. The molecule has 4 aromatic carbocycles. The van der Waals surface area contributed by atoms with Gasteiger partial charge >= 0.3 is 0 Å². The largest absolute Gasteiger partial charge is 0.496 e. The third kappa shape index (κ3) is 6.73. The van der Waals surface area contributed by atoms with Gasteiger partial charge in [-0.2, -0.15) is 5.11 Å². The van der Waals surface area contributed by atoms with E-state index in [1.807, 2.05) is 36.4 Å². The molecule has 41 heavy (non-hydrogen) atoms. The van der Waals surface area contributed by atoms with Crippen LogP contribution in [0.25, 0.3) is 0 Å². The number of benzene rings is 4. The Kier molecular flexibility index (Phi) is 8.91. The molecule has 0 saturated heterocycles. The fraction of sp³-hybridized carbons (Fsp3) is 0.242. The van der Waals surface area contributed by atoms with Gasteiger partial charge in [0, 0.05) is 19.6 Å². The first kappa shape index (κ1) is 27.9. The third-order valence-electron chi connectivity index (χ3n) is 7.23. The second kappa shape index (κ2) is 13.1. The first-order valence-electron chi connectivity index (χ1n) is 13.6.